The standard InChI is InChI=1S/C20H22N4O2/c1-4-26-20(25)23-12-16-17(13-23)21-24(19(16)22-9-5-6-10-22)18-8-7-14(2)11-15(18)3/h5-11H,4,12-13H2,1-3H3. The molecule has 0 saturated heterocycles. The van der Waals surface area contributed by atoms with E-state index in [0.717, 1.165) is 22.8 Å². The molecule has 6 heteroatoms. The molecular formula is C20H22N4O2. The van der Waals surface area contributed by atoms with Crippen LogP contribution < -0.4 is 0 Å². The van der Waals surface area contributed by atoms with Crippen LogP contribution >= 0.6 is 0 Å². The molecule has 0 unspecified atom stereocenters. The number of carbonyl (C=O) groups excluding carboxylic acids is 1. The Morgan fingerprint density at radius 2 is 1.96 bits per heavy atom. The van der Waals surface area contributed by atoms with Crippen molar-refractivity contribution >= 4 is 6.09 Å². The molecule has 4 rings (SSSR count). The fraction of sp³-hybridized carbons (Fsp3) is 0.300. The van der Waals surface area contributed by atoms with Crippen molar-refractivity contribution in [2.45, 2.75) is 33.9 Å². The summed E-state index contributed by atoms with van der Waals surface area (Å²) in [4.78, 5) is 13.8. The normalized spacial score (nSPS) is 13.1. The molecule has 0 aliphatic carbocycles. The first-order valence-corrected chi connectivity index (χ1v) is 8.82. The Kier molecular flexibility index (Phi) is 4.03. The van der Waals surface area contributed by atoms with Crippen LogP contribution in [0.25, 0.3) is 11.5 Å². The predicted octanol–water partition coefficient (Wildman–Crippen LogP) is 3.75. The minimum absolute atomic E-state index is 0.290. The summed E-state index contributed by atoms with van der Waals surface area (Å²) in [7, 11) is 0. The summed E-state index contributed by atoms with van der Waals surface area (Å²) in [5.41, 5.74) is 5.43. The number of hydrogen-bond acceptors (Lipinski definition) is 3. The molecule has 0 radical (unpaired) electrons. The van der Waals surface area contributed by atoms with Crippen molar-refractivity contribution in [2.75, 3.05) is 6.61 Å². The molecule has 0 spiro atoms. The summed E-state index contributed by atoms with van der Waals surface area (Å²) in [5.74, 6) is 0.976. The largest absolute Gasteiger partial charge is 0.450 e. The average Bonchev–Trinajstić information content (AvgIpc) is 3.30. The fourth-order valence-corrected chi connectivity index (χ4v) is 3.50. The first-order valence-electron chi connectivity index (χ1n) is 8.82. The van der Waals surface area contributed by atoms with Crippen molar-refractivity contribution in [2.24, 2.45) is 0 Å². The molecule has 1 aliphatic heterocycles. The molecule has 0 fully saturated rings. The van der Waals surface area contributed by atoms with Crippen LogP contribution in [0.5, 0.6) is 0 Å². The topological polar surface area (TPSA) is 52.3 Å². The van der Waals surface area contributed by atoms with E-state index >= 15 is 0 Å². The summed E-state index contributed by atoms with van der Waals surface area (Å²) >= 11 is 0. The summed E-state index contributed by atoms with van der Waals surface area (Å²) in [6.45, 7) is 7.36. The van der Waals surface area contributed by atoms with Gasteiger partial charge in [-0.25, -0.2) is 9.48 Å². The monoisotopic (exact) mass is 350 g/mol. The van der Waals surface area contributed by atoms with E-state index in [1.165, 1.54) is 11.1 Å². The van der Waals surface area contributed by atoms with Gasteiger partial charge >= 0.3 is 6.09 Å². The van der Waals surface area contributed by atoms with Crippen LogP contribution in [-0.2, 0) is 17.8 Å². The van der Waals surface area contributed by atoms with E-state index in [4.69, 9.17) is 9.84 Å². The lowest BCUT2D eigenvalue weighted by Crippen LogP contribution is -2.27. The van der Waals surface area contributed by atoms with Crippen LogP contribution in [0.3, 0.4) is 0 Å². The van der Waals surface area contributed by atoms with Gasteiger partial charge in [0.1, 0.15) is 5.82 Å². The van der Waals surface area contributed by atoms with Crippen molar-refractivity contribution in [1.82, 2.24) is 19.2 Å². The fourth-order valence-electron chi connectivity index (χ4n) is 3.50. The molecule has 6 nitrogen and oxygen atoms in total. The third-order valence-corrected chi connectivity index (χ3v) is 4.68. The lowest BCUT2D eigenvalue weighted by molar-refractivity contribution is 0.106. The van der Waals surface area contributed by atoms with Gasteiger partial charge < -0.3 is 9.30 Å². The van der Waals surface area contributed by atoms with Gasteiger partial charge in [0, 0.05) is 18.0 Å². The number of rotatable bonds is 3. The van der Waals surface area contributed by atoms with Crippen LogP contribution in [0.2, 0.25) is 0 Å². The zero-order chi connectivity index (χ0) is 18.3. The number of aryl methyl sites for hydroxylation is 2. The van der Waals surface area contributed by atoms with E-state index in [-0.39, 0.29) is 6.09 Å². The van der Waals surface area contributed by atoms with Gasteiger partial charge in [-0.3, -0.25) is 4.90 Å². The predicted molar refractivity (Wildman–Crippen MR) is 98.6 cm³/mol. The van der Waals surface area contributed by atoms with Crippen molar-refractivity contribution in [3.8, 4) is 11.5 Å². The van der Waals surface area contributed by atoms with Crippen molar-refractivity contribution < 1.29 is 9.53 Å². The molecule has 1 amide bonds. The Morgan fingerprint density at radius 3 is 2.65 bits per heavy atom. The summed E-state index contributed by atoms with van der Waals surface area (Å²) in [6, 6.07) is 10.3. The maximum Gasteiger partial charge on any atom is 0.410 e. The second-order valence-corrected chi connectivity index (χ2v) is 6.60. The molecule has 0 saturated carbocycles. The van der Waals surface area contributed by atoms with Gasteiger partial charge in [0.15, 0.2) is 0 Å². The Hall–Kier alpha value is -3.02. The van der Waals surface area contributed by atoms with Gasteiger partial charge in [0.05, 0.1) is 31.1 Å². The highest BCUT2D eigenvalue weighted by molar-refractivity contribution is 5.69. The average molecular weight is 350 g/mol. The van der Waals surface area contributed by atoms with Gasteiger partial charge in [-0.1, -0.05) is 17.7 Å². The van der Waals surface area contributed by atoms with Crippen molar-refractivity contribution in [3.05, 3.63) is 65.1 Å². The number of hydrogen-bond donors (Lipinski definition) is 0. The lowest BCUT2D eigenvalue weighted by Gasteiger charge is -2.17. The zero-order valence-corrected chi connectivity index (χ0v) is 15.3. The highest BCUT2D eigenvalue weighted by Gasteiger charge is 2.32. The highest BCUT2D eigenvalue weighted by atomic mass is 16.6. The first kappa shape index (κ1) is 16.4. The molecule has 0 N–H and O–H groups in total. The molecule has 3 aromatic rings. The molecule has 1 aromatic carbocycles. The van der Waals surface area contributed by atoms with Gasteiger partial charge in [-0.15, -0.1) is 0 Å². The maximum absolute atomic E-state index is 12.1. The molecule has 26 heavy (non-hydrogen) atoms. The van der Waals surface area contributed by atoms with Crippen LogP contribution in [0.4, 0.5) is 4.79 Å². The van der Waals surface area contributed by atoms with Crippen LogP contribution in [0.15, 0.2) is 42.7 Å². The molecule has 0 atom stereocenters. The zero-order valence-electron chi connectivity index (χ0n) is 15.3. The summed E-state index contributed by atoms with van der Waals surface area (Å²) < 4.78 is 9.19. The molecule has 134 valence electrons. The summed E-state index contributed by atoms with van der Waals surface area (Å²) in [6.07, 6.45) is 3.72. The second-order valence-electron chi connectivity index (χ2n) is 6.60. The Labute approximate surface area is 152 Å². The minimum Gasteiger partial charge on any atom is -0.450 e. The Bertz CT molecular complexity index is 957. The molecular weight excluding hydrogens is 328 g/mol. The van der Waals surface area contributed by atoms with Crippen LogP contribution in [-0.4, -0.2) is 31.9 Å². The third-order valence-electron chi connectivity index (χ3n) is 4.68. The van der Waals surface area contributed by atoms with Crippen LogP contribution in [0, 0.1) is 13.8 Å². The molecule has 3 heterocycles. The highest BCUT2D eigenvalue weighted by Crippen LogP contribution is 2.31. The third kappa shape index (κ3) is 2.67. The number of fused-ring (bicyclic) bond motifs is 1. The molecule has 1 aliphatic rings. The Balaban J connectivity index is 1.81. The second kappa shape index (κ2) is 6.37. The SMILES string of the molecule is CCOC(=O)N1Cc2nn(-c3ccc(C)cc3C)c(-n3cccc3)c2C1. The lowest BCUT2D eigenvalue weighted by atomic mass is 10.1. The van der Waals surface area contributed by atoms with Gasteiger partial charge in [0.2, 0.25) is 0 Å². The van der Waals surface area contributed by atoms with E-state index in [0.29, 0.717) is 19.7 Å². The van der Waals surface area contributed by atoms with E-state index < -0.39 is 0 Å². The van der Waals surface area contributed by atoms with Crippen molar-refractivity contribution in [3.63, 3.8) is 0 Å². The quantitative estimate of drug-likeness (QED) is 0.723. The number of aromatic nitrogens is 3. The summed E-state index contributed by atoms with van der Waals surface area (Å²) in [5, 5.41) is 4.85. The first-order chi connectivity index (χ1) is 12.6. The van der Waals surface area contributed by atoms with Crippen molar-refractivity contribution in [1.29, 1.82) is 0 Å². The smallest absolute Gasteiger partial charge is 0.410 e. The molecule has 2 aromatic heterocycles. The van der Waals surface area contributed by atoms with Crippen LogP contribution in [0.1, 0.15) is 29.3 Å². The van der Waals surface area contributed by atoms with E-state index in [1.54, 1.807) is 4.90 Å². The van der Waals surface area contributed by atoms with E-state index in [2.05, 4.69) is 36.6 Å². The van der Waals surface area contributed by atoms with Gasteiger partial charge in [0.25, 0.3) is 0 Å². The number of ether oxygens (including phenoxy) is 1. The van der Waals surface area contributed by atoms with E-state index in [1.807, 2.05) is 36.1 Å². The Morgan fingerprint density at radius 1 is 1.19 bits per heavy atom. The molecule has 0 bridgehead atoms. The number of amides is 1. The number of carbonyl (C=O) groups is 1. The minimum atomic E-state index is -0.290. The maximum atomic E-state index is 12.1. The number of nitrogens with zero attached hydrogens (tertiary/aromatic N) is 4. The van der Waals surface area contributed by atoms with E-state index in [9.17, 15) is 4.79 Å². The number of benzene rings is 1. The van der Waals surface area contributed by atoms with Gasteiger partial charge in [-0.2, -0.15) is 5.10 Å². The van der Waals surface area contributed by atoms with Gasteiger partial charge in [-0.05, 0) is 44.5 Å².